The van der Waals surface area contributed by atoms with E-state index in [2.05, 4.69) is 0 Å². The van der Waals surface area contributed by atoms with Gasteiger partial charge in [0.15, 0.2) is 0 Å². The van der Waals surface area contributed by atoms with E-state index in [1.165, 1.54) is 18.3 Å². The SMILES string of the molecule is COc1ccc(/C(O)=C2/C(=O)C(=O)N(Cc3ccco3)C2c2ccccc2Cl)cc1. The van der Waals surface area contributed by atoms with Gasteiger partial charge in [-0.1, -0.05) is 29.8 Å². The lowest BCUT2D eigenvalue weighted by molar-refractivity contribution is -0.140. The lowest BCUT2D eigenvalue weighted by atomic mass is 9.95. The second-order valence-electron chi connectivity index (χ2n) is 6.76. The molecule has 2 aromatic carbocycles. The summed E-state index contributed by atoms with van der Waals surface area (Å²) in [6.45, 7) is 0.0624. The highest BCUT2D eigenvalue weighted by molar-refractivity contribution is 6.46. The Balaban J connectivity index is 1.87. The highest BCUT2D eigenvalue weighted by Crippen LogP contribution is 2.42. The molecule has 7 heteroatoms. The number of carbonyl (C=O) groups excluding carboxylic acids is 2. The topological polar surface area (TPSA) is 80.0 Å². The summed E-state index contributed by atoms with van der Waals surface area (Å²) in [6.07, 6.45) is 1.49. The maximum atomic E-state index is 13.0. The number of ether oxygens (including phenoxy) is 1. The van der Waals surface area contributed by atoms with Gasteiger partial charge in [-0.25, -0.2) is 0 Å². The molecule has 4 rings (SSSR count). The molecule has 1 saturated heterocycles. The molecular formula is C23H18ClNO5. The van der Waals surface area contributed by atoms with Crippen LogP contribution in [0.4, 0.5) is 0 Å². The van der Waals surface area contributed by atoms with E-state index in [-0.39, 0.29) is 17.9 Å². The van der Waals surface area contributed by atoms with E-state index in [1.54, 1.807) is 60.7 Å². The molecule has 1 atom stereocenters. The van der Waals surface area contributed by atoms with Gasteiger partial charge in [0.2, 0.25) is 0 Å². The van der Waals surface area contributed by atoms with Crippen LogP contribution in [0, 0.1) is 0 Å². The van der Waals surface area contributed by atoms with Gasteiger partial charge in [-0.2, -0.15) is 0 Å². The first-order valence-corrected chi connectivity index (χ1v) is 9.58. The van der Waals surface area contributed by atoms with E-state index < -0.39 is 17.7 Å². The number of aliphatic hydroxyl groups is 1. The van der Waals surface area contributed by atoms with Crippen LogP contribution in [0.15, 0.2) is 76.9 Å². The Labute approximate surface area is 177 Å². The lowest BCUT2D eigenvalue weighted by Gasteiger charge is -2.25. The smallest absolute Gasteiger partial charge is 0.296 e. The molecule has 0 radical (unpaired) electrons. The zero-order valence-electron chi connectivity index (χ0n) is 16.0. The zero-order chi connectivity index (χ0) is 21.3. The van der Waals surface area contributed by atoms with Crippen LogP contribution in [0.25, 0.3) is 5.76 Å². The minimum Gasteiger partial charge on any atom is -0.507 e. The maximum Gasteiger partial charge on any atom is 0.296 e. The second kappa shape index (κ2) is 8.08. The summed E-state index contributed by atoms with van der Waals surface area (Å²) in [4.78, 5) is 27.2. The number of Topliss-reactive ketones (excluding diaryl/α,β-unsaturated/α-hetero) is 1. The van der Waals surface area contributed by atoms with Crippen molar-refractivity contribution in [2.75, 3.05) is 7.11 Å². The van der Waals surface area contributed by atoms with E-state index in [0.717, 1.165) is 0 Å². The number of hydrogen-bond acceptors (Lipinski definition) is 5. The minimum absolute atomic E-state index is 0.0233. The van der Waals surface area contributed by atoms with Crippen molar-refractivity contribution < 1.29 is 23.8 Å². The molecule has 1 fully saturated rings. The van der Waals surface area contributed by atoms with Crippen molar-refractivity contribution in [3.05, 3.63) is 94.4 Å². The summed E-state index contributed by atoms with van der Waals surface area (Å²) >= 11 is 6.41. The number of likely N-dealkylation sites (tertiary alicyclic amines) is 1. The number of rotatable bonds is 5. The van der Waals surface area contributed by atoms with E-state index in [1.807, 2.05) is 0 Å². The van der Waals surface area contributed by atoms with E-state index >= 15 is 0 Å². The highest BCUT2D eigenvalue weighted by Gasteiger charge is 2.47. The molecule has 0 bridgehead atoms. The normalized spacial score (nSPS) is 18.1. The predicted octanol–water partition coefficient (Wildman–Crippen LogP) is 4.56. The van der Waals surface area contributed by atoms with Crippen LogP contribution in [0.2, 0.25) is 5.02 Å². The summed E-state index contributed by atoms with van der Waals surface area (Å²) in [5, 5.41) is 11.4. The Morgan fingerprint density at radius 2 is 1.83 bits per heavy atom. The molecule has 152 valence electrons. The van der Waals surface area contributed by atoms with Crippen LogP contribution in [0.1, 0.15) is 22.9 Å². The van der Waals surface area contributed by atoms with Crippen LogP contribution in [-0.4, -0.2) is 28.8 Å². The largest absolute Gasteiger partial charge is 0.507 e. The molecule has 0 spiro atoms. The molecule has 1 aliphatic heterocycles. The molecule has 1 unspecified atom stereocenters. The molecule has 0 aliphatic carbocycles. The fourth-order valence-corrected chi connectivity index (χ4v) is 3.78. The first-order chi connectivity index (χ1) is 14.5. The van der Waals surface area contributed by atoms with Gasteiger partial charge in [0.05, 0.1) is 31.5 Å². The Kier molecular flexibility index (Phi) is 5.33. The van der Waals surface area contributed by atoms with Gasteiger partial charge in [0.25, 0.3) is 11.7 Å². The molecule has 1 amide bonds. The fraction of sp³-hybridized carbons (Fsp3) is 0.130. The van der Waals surface area contributed by atoms with E-state index in [9.17, 15) is 14.7 Å². The van der Waals surface area contributed by atoms with Crippen LogP contribution in [0.5, 0.6) is 5.75 Å². The standard InChI is InChI=1S/C23H18ClNO5/c1-29-15-10-8-14(9-11-15)21(26)19-20(17-6-2-3-7-18(17)24)25(23(28)22(19)27)13-16-5-4-12-30-16/h2-12,20,26H,13H2,1H3/b21-19-. The summed E-state index contributed by atoms with van der Waals surface area (Å²) in [5.74, 6) is -0.667. The summed E-state index contributed by atoms with van der Waals surface area (Å²) in [6, 6.07) is 16.1. The summed E-state index contributed by atoms with van der Waals surface area (Å²) in [7, 11) is 1.53. The third-order valence-corrected chi connectivity index (χ3v) is 5.35. The van der Waals surface area contributed by atoms with Crippen molar-refractivity contribution >= 4 is 29.1 Å². The van der Waals surface area contributed by atoms with Crippen LogP contribution < -0.4 is 4.74 Å². The number of furan rings is 1. The number of amides is 1. The monoisotopic (exact) mass is 423 g/mol. The number of ketones is 1. The van der Waals surface area contributed by atoms with Crippen molar-refractivity contribution in [2.45, 2.75) is 12.6 Å². The van der Waals surface area contributed by atoms with Crippen molar-refractivity contribution in [3.8, 4) is 5.75 Å². The Bertz CT molecular complexity index is 1120. The van der Waals surface area contributed by atoms with Gasteiger partial charge in [-0.15, -0.1) is 0 Å². The molecule has 2 heterocycles. The number of benzene rings is 2. The van der Waals surface area contributed by atoms with Gasteiger partial charge >= 0.3 is 0 Å². The highest BCUT2D eigenvalue weighted by atomic mass is 35.5. The van der Waals surface area contributed by atoms with Gasteiger partial charge in [0.1, 0.15) is 17.3 Å². The van der Waals surface area contributed by atoms with Gasteiger partial charge in [0, 0.05) is 10.6 Å². The Morgan fingerprint density at radius 1 is 1.10 bits per heavy atom. The van der Waals surface area contributed by atoms with Crippen molar-refractivity contribution in [1.29, 1.82) is 0 Å². The van der Waals surface area contributed by atoms with Crippen LogP contribution in [-0.2, 0) is 16.1 Å². The average Bonchev–Trinajstić information content (AvgIpc) is 3.36. The minimum atomic E-state index is -0.856. The summed E-state index contributed by atoms with van der Waals surface area (Å²) < 4.78 is 10.5. The average molecular weight is 424 g/mol. The molecule has 3 aromatic rings. The van der Waals surface area contributed by atoms with E-state index in [0.29, 0.717) is 27.7 Å². The molecule has 1 aliphatic rings. The van der Waals surface area contributed by atoms with Gasteiger partial charge in [-0.05, 0) is 48.0 Å². The first kappa shape index (κ1) is 19.8. The zero-order valence-corrected chi connectivity index (χ0v) is 16.8. The van der Waals surface area contributed by atoms with Crippen molar-refractivity contribution in [1.82, 2.24) is 4.90 Å². The Hall–Kier alpha value is -3.51. The third kappa shape index (κ3) is 3.46. The lowest BCUT2D eigenvalue weighted by Crippen LogP contribution is -2.29. The first-order valence-electron chi connectivity index (χ1n) is 9.21. The number of halogens is 1. The molecule has 6 nitrogen and oxygen atoms in total. The van der Waals surface area contributed by atoms with Gasteiger partial charge in [-0.3, -0.25) is 9.59 Å². The van der Waals surface area contributed by atoms with Gasteiger partial charge < -0.3 is 19.2 Å². The number of methoxy groups -OCH3 is 1. The second-order valence-corrected chi connectivity index (χ2v) is 7.16. The number of hydrogen-bond donors (Lipinski definition) is 1. The van der Waals surface area contributed by atoms with Crippen LogP contribution in [0.3, 0.4) is 0 Å². The number of carbonyl (C=O) groups is 2. The maximum absolute atomic E-state index is 13.0. The Morgan fingerprint density at radius 3 is 2.47 bits per heavy atom. The molecule has 30 heavy (non-hydrogen) atoms. The quantitative estimate of drug-likeness (QED) is 0.369. The molecule has 1 N–H and O–H groups in total. The third-order valence-electron chi connectivity index (χ3n) is 5.01. The molecule has 0 saturated carbocycles. The van der Waals surface area contributed by atoms with E-state index in [4.69, 9.17) is 20.8 Å². The van der Waals surface area contributed by atoms with Crippen molar-refractivity contribution in [3.63, 3.8) is 0 Å². The van der Waals surface area contributed by atoms with Crippen molar-refractivity contribution in [2.24, 2.45) is 0 Å². The molecule has 1 aromatic heterocycles. The molecular weight excluding hydrogens is 406 g/mol. The number of nitrogens with zero attached hydrogens (tertiary/aromatic N) is 1. The number of aliphatic hydroxyl groups excluding tert-OH is 1. The predicted molar refractivity (Wildman–Crippen MR) is 111 cm³/mol. The summed E-state index contributed by atoms with van der Waals surface area (Å²) in [5.41, 5.74) is 0.911. The fourth-order valence-electron chi connectivity index (χ4n) is 3.54. The van der Waals surface area contributed by atoms with Crippen LogP contribution >= 0.6 is 11.6 Å².